The Morgan fingerprint density at radius 3 is 2.91 bits per heavy atom. The molecule has 0 radical (unpaired) electrons. The van der Waals surface area contributed by atoms with E-state index < -0.39 is 0 Å². The Labute approximate surface area is 66.1 Å². The summed E-state index contributed by atoms with van der Waals surface area (Å²) in [6.45, 7) is 2.12. The van der Waals surface area contributed by atoms with Gasteiger partial charge in [-0.15, -0.1) is 0 Å². The fraction of sp³-hybridized carbons (Fsp3) is 0.300. The van der Waals surface area contributed by atoms with Crippen LogP contribution in [0.3, 0.4) is 0 Å². The van der Waals surface area contributed by atoms with Gasteiger partial charge in [0.25, 0.3) is 0 Å². The van der Waals surface area contributed by atoms with Crippen molar-refractivity contribution in [3.05, 3.63) is 36.0 Å². The highest BCUT2D eigenvalue weighted by molar-refractivity contribution is 5.97. The molecular formula is C10H10O. The van der Waals surface area contributed by atoms with Gasteiger partial charge in [0.05, 0.1) is 5.92 Å². The molecule has 0 aliphatic heterocycles. The van der Waals surface area contributed by atoms with Crippen molar-refractivity contribution in [1.29, 1.82) is 0 Å². The summed E-state index contributed by atoms with van der Waals surface area (Å²) in [6, 6.07) is 0. The minimum atomic E-state index is 0.0648. The Morgan fingerprint density at radius 2 is 2.18 bits per heavy atom. The van der Waals surface area contributed by atoms with Gasteiger partial charge in [-0.1, -0.05) is 31.2 Å². The van der Waals surface area contributed by atoms with E-state index in [1.165, 1.54) is 5.57 Å². The average molecular weight is 146 g/mol. The molecule has 0 N–H and O–H groups in total. The minimum Gasteiger partial charge on any atom is -0.294 e. The summed E-state index contributed by atoms with van der Waals surface area (Å²) in [4.78, 5) is 11.2. The molecule has 0 aromatic rings. The van der Waals surface area contributed by atoms with Crippen molar-refractivity contribution in [3.8, 4) is 0 Å². The van der Waals surface area contributed by atoms with Crippen LogP contribution in [-0.4, -0.2) is 5.78 Å². The van der Waals surface area contributed by atoms with Gasteiger partial charge < -0.3 is 0 Å². The third-order valence-electron chi connectivity index (χ3n) is 2.33. The Kier molecular flexibility index (Phi) is 1.31. The van der Waals surface area contributed by atoms with Crippen LogP contribution in [-0.2, 0) is 4.79 Å². The summed E-state index contributed by atoms with van der Waals surface area (Å²) >= 11 is 0. The fourth-order valence-electron chi connectivity index (χ4n) is 1.66. The van der Waals surface area contributed by atoms with Gasteiger partial charge in [0.15, 0.2) is 5.78 Å². The highest BCUT2D eigenvalue weighted by Crippen LogP contribution is 2.32. The van der Waals surface area contributed by atoms with Crippen LogP contribution in [0.15, 0.2) is 36.0 Å². The van der Waals surface area contributed by atoms with Crippen LogP contribution in [0.5, 0.6) is 0 Å². The first-order valence-electron chi connectivity index (χ1n) is 3.89. The number of hydrogen-bond acceptors (Lipinski definition) is 1. The lowest BCUT2D eigenvalue weighted by atomic mass is 9.89. The molecule has 2 rings (SSSR count). The molecule has 2 aliphatic rings. The fourth-order valence-corrected chi connectivity index (χ4v) is 1.66. The van der Waals surface area contributed by atoms with Crippen LogP contribution in [0, 0.1) is 11.8 Å². The first-order valence-corrected chi connectivity index (χ1v) is 3.89. The average Bonchev–Trinajstić information content (AvgIpc) is 2.35. The smallest absolute Gasteiger partial charge is 0.166 e. The summed E-state index contributed by atoms with van der Waals surface area (Å²) in [7, 11) is 0. The Morgan fingerprint density at radius 1 is 1.36 bits per heavy atom. The zero-order valence-electron chi connectivity index (χ0n) is 6.45. The van der Waals surface area contributed by atoms with Gasteiger partial charge in [-0.05, 0) is 17.6 Å². The second-order valence-corrected chi connectivity index (χ2v) is 3.08. The zero-order valence-corrected chi connectivity index (χ0v) is 6.45. The Balaban J connectivity index is 2.41. The lowest BCUT2D eigenvalue weighted by Crippen LogP contribution is -2.13. The molecule has 0 saturated heterocycles. The number of carbonyl (C=O) groups is 1. The van der Waals surface area contributed by atoms with Crippen LogP contribution in [0.25, 0.3) is 0 Å². The second-order valence-electron chi connectivity index (χ2n) is 3.08. The largest absolute Gasteiger partial charge is 0.294 e. The van der Waals surface area contributed by atoms with Crippen LogP contribution in [0.4, 0.5) is 0 Å². The third-order valence-corrected chi connectivity index (χ3v) is 2.33. The van der Waals surface area contributed by atoms with Gasteiger partial charge >= 0.3 is 0 Å². The minimum absolute atomic E-state index is 0.0648. The highest BCUT2D eigenvalue weighted by atomic mass is 16.1. The monoisotopic (exact) mass is 146 g/mol. The Bertz CT molecular complexity index is 281. The predicted octanol–water partition coefficient (Wildman–Crippen LogP) is 1.87. The highest BCUT2D eigenvalue weighted by Gasteiger charge is 2.27. The van der Waals surface area contributed by atoms with Crippen molar-refractivity contribution >= 4 is 5.78 Å². The number of carbonyl (C=O) groups excluding carboxylic acids is 1. The maximum atomic E-state index is 11.2. The predicted molar refractivity (Wildman–Crippen MR) is 44.0 cm³/mol. The first-order chi connectivity index (χ1) is 5.29. The van der Waals surface area contributed by atoms with E-state index in [0.717, 1.165) is 0 Å². The number of hydrogen-bond donors (Lipinski definition) is 0. The van der Waals surface area contributed by atoms with E-state index in [1.807, 2.05) is 12.2 Å². The molecule has 11 heavy (non-hydrogen) atoms. The SMILES string of the molecule is CC1C=CC2C(=O)C=CC=C12. The molecule has 0 amide bonds. The van der Waals surface area contributed by atoms with Crippen molar-refractivity contribution in [3.63, 3.8) is 0 Å². The van der Waals surface area contributed by atoms with Crippen molar-refractivity contribution in [2.45, 2.75) is 6.92 Å². The van der Waals surface area contributed by atoms with E-state index in [2.05, 4.69) is 19.1 Å². The standard InChI is InChI=1S/C10H10O/c1-7-5-6-9-8(7)3-2-4-10(9)11/h2-7,9H,1H3. The molecule has 0 bridgehead atoms. The van der Waals surface area contributed by atoms with Gasteiger partial charge in [0.1, 0.15) is 0 Å². The van der Waals surface area contributed by atoms with Crippen molar-refractivity contribution in [1.82, 2.24) is 0 Å². The Hall–Kier alpha value is -1.11. The van der Waals surface area contributed by atoms with Crippen LogP contribution in [0.2, 0.25) is 0 Å². The molecule has 0 saturated carbocycles. The molecule has 2 unspecified atom stereocenters. The first kappa shape index (κ1) is 6.59. The van der Waals surface area contributed by atoms with E-state index in [9.17, 15) is 4.79 Å². The lowest BCUT2D eigenvalue weighted by Gasteiger charge is -2.13. The molecule has 1 nitrogen and oxygen atoms in total. The van der Waals surface area contributed by atoms with Crippen molar-refractivity contribution in [2.24, 2.45) is 11.8 Å². The molecule has 0 aromatic heterocycles. The van der Waals surface area contributed by atoms with E-state index in [0.29, 0.717) is 5.92 Å². The molecule has 0 heterocycles. The van der Waals surface area contributed by atoms with Crippen LogP contribution in [0.1, 0.15) is 6.92 Å². The summed E-state index contributed by atoms with van der Waals surface area (Å²) in [5.74, 6) is 0.743. The van der Waals surface area contributed by atoms with Crippen molar-refractivity contribution < 1.29 is 4.79 Å². The van der Waals surface area contributed by atoms with E-state index >= 15 is 0 Å². The molecular weight excluding hydrogens is 136 g/mol. The number of ketones is 1. The van der Waals surface area contributed by atoms with Gasteiger partial charge in [-0.3, -0.25) is 4.79 Å². The molecule has 0 fully saturated rings. The molecule has 1 heteroatoms. The van der Waals surface area contributed by atoms with E-state index in [1.54, 1.807) is 6.08 Å². The molecule has 0 aromatic carbocycles. The maximum Gasteiger partial charge on any atom is 0.166 e. The summed E-state index contributed by atoms with van der Waals surface area (Å²) in [5.41, 5.74) is 1.25. The number of rotatable bonds is 0. The summed E-state index contributed by atoms with van der Waals surface area (Å²) in [6.07, 6.45) is 9.65. The third kappa shape index (κ3) is 0.881. The summed E-state index contributed by atoms with van der Waals surface area (Å²) in [5, 5.41) is 0. The topological polar surface area (TPSA) is 17.1 Å². The quantitative estimate of drug-likeness (QED) is 0.477. The summed E-state index contributed by atoms with van der Waals surface area (Å²) < 4.78 is 0. The van der Waals surface area contributed by atoms with Crippen LogP contribution >= 0.6 is 0 Å². The number of fused-ring (bicyclic) bond motifs is 1. The van der Waals surface area contributed by atoms with Crippen LogP contribution < -0.4 is 0 Å². The van der Waals surface area contributed by atoms with E-state index in [-0.39, 0.29) is 11.7 Å². The molecule has 56 valence electrons. The normalized spacial score (nSPS) is 33.9. The number of allylic oxidation sites excluding steroid dienone is 6. The second kappa shape index (κ2) is 2.19. The van der Waals surface area contributed by atoms with Gasteiger partial charge in [0, 0.05) is 0 Å². The molecule has 2 aliphatic carbocycles. The van der Waals surface area contributed by atoms with Crippen molar-refractivity contribution in [2.75, 3.05) is 0 Å². The zero-order chi connectivity index (χ0) is 7.84. The lowest BCUT2D eigenvalue weighted by molar-refractivity contribution is -0.116. The molecule has 2 atom stereocenters. The maximum absolute atomic E-state index is 11.2. The van der Waals surface area contributed by atoms with Gasteiger partial charge in [-0.25, -0.2) is 0 Å². The van der Waals surface area contributed by atoms with Gasteiger partial charge in [0.2, 0.25) is 0 Å². The molecule has 0 spiro atoms. The van der Waals surface area contributed by atoms with E-state index in [4.69, 9.17) is 0 Å². The van der Waals surface area contributed by atoms with Gasteiger partial charge in [-0.2, -0.15) is 0 Å².